The van der Waals surface area contributed by atoms with E-state index in [2.05, 4.69) is 5.32 Å². The summed E-state index contributed by atoms with van der Waals surface area (Å²) in [6, 6.07) is 0.754. The zero-order valence-electron chi connectivity index (χ0n) is 10.6. The lowest BCUT2D eigenvalue weighted by atomic mass is 9.80. The van der Waals surface area contributed by atoms with Crippen LogP contribution in [0.15, 0.2) is 0 Å². The SMILES string of the molecule is NCC1(NC2CCCCCC2)CCCCC1. The molecule has 3 N–H and O–H groups in total. The maximum atomic E-state index is 6.03. The fraction of sp³-hybridized carbons (Fsp3) is 1.00. The van der Waals surface area contributed by atoms with E-state index in [1.165, 1.54) is 70.6 Å². The average molecular weight is 224 g/mol. The Hall–Kier alpha value is -0.0800. The Morgan fingerprint density at radius 3 is 2.00 bits per heavy atom. The lowest BCUT2D eigenvalue weighted by molar-refractivity contribution is 0.205. The summed E-state index contributed by atoms with van der Waals surface area (Å²) in [5.74, 6) is 0. The van der Waals surface area contributed by atoms with E-state index in [1.807, 2.05) is 0 Å². The number of nitrogens with two attached hydrogens (primary N) is 1. The molecule has 2 saturated carbocycles. The van der Waals surface area contributed by atoms with E-state index in [0.717, 1.165) is 12.6 Å². The molecule has 2 fully saturated rings. The van der Waals surface area contributed by atoms with Gasteiger partial charge in [0.15, 0.2) is 0 Å². The minimum atomic E-state index is 0.299. The van der Waals surface area contributed by atoms with Gasteiger partial charge in [0.25, 0.3) is 0 Å². The highest BCUT2D eigenvalue weighted by Crippen LogP contribution is 2.29. The van der Waals surface area contributed by atoms with Crippen LogP contribution in [-0.2, 0) is 0 Å². The van der Waals surface area contributed by atoms with Gasteiger partial charge in [-0.1, -0.05) is 44.9 Å². The topological polar surface area (TPSA) is 38.0 Å². The van der Waals surface area contributed by atoms with Gasteiger partial charge in [-0.05, 0) is 25.7 Å². The maximum absolute atomic E-state index is 6.03. The third-order valence-corrected chi connectivity index (χ3v) is 4.57. The van der Waals surface area contributed by atoms with E-state index in [9.17, 15) is 0 Å². The van der Waals surface area contributed by atoms with E-state index < -0.39 is 0 Å². The van der Waals surface area contributed by atoms with Gasteiger partial charge in [0.1, 0.15) is 0 Å². The van der Waals surface area contributed by atoms with Gasteiger partial charge in [0.2, 0.25) is 0 Å². The molecule has 0 aliphatic heterocycles. The first-order valence-corrected chi connectivity index (χ1v) is 7.32. The van der Waals surface area contributed by atoms with E-state index >= 15 is 0 Å². The van der Waals surface area contributed by atoms with E-state index in [4.69, 9.17) is 5.73 Å². The molecule has 0 bridgehead atoms. The van der Waals surface area contributed by atoms with Crippen molar-refractivity contribution in [2.75, 3.05) is 6.54 Å². The predicted molar refractivity (Wildman–Crippen MR) is 69.5 cm³/mol. The Bertz CT molecular complexity index is 189. The molecule has 2 rings (SSSR count). The number of rotatable bonds is 3. The van der Waals surface area contributed by atoms with Gasteiger partial charge in [0.05, 0.1) is 0 Å². The summed E-state index contributed by atoms with van der Waals surface area (Å²) in [6.07, 6.45) is 15.2. The quantitative estimate of drug-likeness (QED) is 0.723. The molecule has 2 heteroatoms. The summed E-state index contributed by atoms with van der Waals surface area (Å²) in [5, 5.41) is 3.94. The number of hydrogen-bond donors (Lipinski definition) is 2. The van der Waals surface area contributed by atoms with Crippen LogP contribution in [0.5, 0.6) is 0 Å². The van der Waals surface area contributed by atoms with Gasteiger partial charge in [-0.3, -0.25) is 0 Å². The minimum Gasteiger partial charge on any atom is -0.329 e. The zero-order chi connectivity index (χ0) is 11.3. The van der Waals surface area contributed by atoms with Crippen LogP contribution in [0.4, 0.5) is 0 Å². The molecule has 94 valence electrons. The second-order valence-electron chi connectivity index (χ2n) is 5.88. The van der Waals surface area contributed by atoms with E-state index in [0.29, 0.717) is 5.54 Å². The Kier molecular flexibility index (Phi) is 4.66. The molecule has 2 nitrogen and oxygen atoms in total. The minimum absolute atomic E-state index is 0.299. The van der Waals surface area contributed by atoms with Gasteiger partial charge in [-0.2, -0.15) is 0 Å². The summed E-state index contributed by atoms with van der Waals surface area (Å²) < 4.78 is 0. The third kappa shape index (κ3) is 3.21. The summed E-state index contributed by atoms with van der Waals surface area (Å²) in [5.41, 5.74) is 6.33. The van der Waals surface area contributed by atoms with Crippen LogP contribution in [0.25, 0.3) is 0 Å². The maximum Gasteiger partial charge on any atom is 0.0306 e. The fourth-order valence-corrected chi connectivity index (χ4v) is 3.49. The van der Waals surface area contributed by atoms with Crippen LogP contribution < -0.4 is 11.1 Å². The van der Waals surface area contributed by atoms with Gasteiger partial charge in [-0.25, -0.2) is 0 Å². The molecule has 0 aromatic rings. The second-order valence-corrected chi connectivity index (χ2v) is 5.88. The Morgan fingerprint density at radius 2 is 1.44 bits per heavy atom. The summed E-state index contributed by atoms with van der Waals surface area (Å²) in [6.45, 7) is 0.837. The molecule has 2 aliphatic carbocycles. The van der Waals surface area contributed by atoms with Crippen LogP contribution in [0.1, 0.15) is 70.6 Å². The normalized spacial score (nSPS) is 27.6. The molecule has 0 heterocycles. The summed E-state index contributed by atoms with van der Waals surface area (Å²) in [7, 11) is 0. The summed E-state index contributed by atoms with van der Waals surface area (Å²) >= 11 is 0. The Balaban J connectivity index is 1.88. The van der Waals surface area contributed by atoms with Crippen LogP contribution in [0.2, 0.25) is 0 Å². The lowest BCUT2D eigenvalue weighted by Gasteiger charge is -2.40. The van der Waals surface area contributed by atoms with Crippen LogP contribution in [0, 0.1) is 0 Å². The predicted octanol–water partition coefficient (Wildman–Crippen LogP) is 2.96. The molecule has 0 saturated heterocycles. The lowest BCUT2D eigenvalue weighted by Crippen LogP contribution is -2.56. The summed E-state index contributed by atoms with van der Waals surface area (Å²) in [4.78, 5) is 0. The van der Waals surface area contributed by atoms with Gasteiger partial charge in [-0.15, -0.1) is 0 Å². The Morgan fingerprint density at radius 1 is 0.875 bits per heavy atom. The first-order valence-electron chi connectivity index (χ1n) is 7.32. The van der Waals surface area contributed by atoms with Crippen LogP contribution in [-0.4, -0.2) is 18.1 Å². The third-order valence-electron chi connectivity index (χ3n) is 4.57. The first kappa shape index (κ1) is 12.4. The standard InChI is InChI=1S/C14H28N2/c15-12-14(10-6-3-7-11-14)16-13-8-4-1-2-5-9-13/h13,16H,1-12,15H2. The van der Waals surface area contributed by atoms with Crippen molar-refractivity contribution in [2.24, 2.45) is 5.73 Å². The molecule has 0 atom stereocenters. The van der Waals surface area contributed by atoms with Crippen molar-refractivity contribution in [3.8, 4) is 0 Å². The van der Waals surface area contributed by atoms with Crippen LogP contribution in [0.3, 0.4) is 0 Å². The molecular weight excluding hydrogens is 196 g/mol. The van der Waals surface area contributed by atoms with Crippen molar-refractivity contribution in [2.45, 2.75) is 82.2 Å². The van der Waals surface area contributed by atoms with Crippen molar-refractivity contribution >= 4 is 0 Å². The second kappa shape index (κ2) is 6.02. The molecule has 0 radical (unpaired) electrons. The molecule has 0 aromatic heterocycles. The molecule has 0 unspecified atom stereocenters. The average Bonchev–Trinajstić information content (AvgIpc) is 2.59. The van der Waals surface area contributed by atoms with Crippen molar-refractivity contribution in [1.82, 2.24) is 5.32 Å². The van der Waals surface area contributed by atoms with Crippen molar-refractivity contribution in [3.05, 3.63) is 0 Å². The molecule has 0 aromatic carbocycles. The first-order chi connectivity index (χ1) is 7.85. The molecule has 2 aliphatic rings. The molecular formula is C14H28N2. The molecule has 16 heavy (non-hydrogen) atoms. The smallest absolute Gasteiger partial charge is 0.0306 e. The number of nitrogens with one attached hydrogen (secondary N) is 1. The largest absolute Gasteiger partial charge is 0.329 e. The highest BCUT2D eigenvalue weighted by atomic mass is 15.0. The highest BCUT2D eigenvalue weighted by Gasteiger charge is 2.32. The Labute approximate surface area is 100 Å². The van der Waals surface area contributed by atoms with Gasteiger partial charge in [0, 0.05) is 18.1 Å². The van der Waals surface area contributed by atoms with Crippen LogP contribution >= 0.6 is 0 Å². The fourth-order valence-electron chi connectivity index (χ4n) is 3.49. The van der Waals surface area contributed by atoms with Gasteiger partial charge >= 0.3 is 0 Å². The van der Waals surface area contributed by atoms with E-state index in [1.54, 1.807) is 0 Å². The number of hydrogen-bond acceptors (Lipinski definition) is 2. The zero-order valence-corrected chi connectivity index (χ0v) is 10.6. The van der Waals surface area contributed by atoms with Gasteiger partial charge < -0.3 is 11.1 Å². The van der Waals surface area contributed by atoms with Crippen molar-refractivity contribution in [1.29, 1.82) is 0 Å². The molecule has 0 amide bonds. The van der Waals surface area contributed by atoms with Crippen molar-refractivity contribution in [3.63, 3.8) is 0 Å². The van der Waals surface area contributed by atoms with Crippen molar-refractivity contribution < 1.29 is 0 Å². The molecule has 0 spiro atoms. The monoisotopic (exact) mass is 224 g/mol. The highest BCUT2D eigenvalue weighted by molar-refractivity contribution is 4.94. The van der Waals surface area contributed by atoms with E-state index in [-0.39, 0.29) is 0 Å².